The summed E-state index contributed by atoms with van der Waals surface area (Å²) >= 11 is 0. The summed E-state index contributed by atoms with van der Waals surface area (Å²) in [6.07, 6.45) is -0.733. The molecule has 0 aliphatic heterocycles. The number of rotatable bonds is 5. The zero-order chi connectivity index (χ0) is 13.9. The van der Waals surface area contributed by atoms with Crippen molar-refractivity contribution in [1.82, 2.24) is 5.32 Å². The highest BCUT2D eigenvalue weighted by molar-refractivity contribution is 5.67. The minimum absolute atomic E-state index is 0.0944. The Hall–Kier alpha value is -1.69. The van der Waals surface area contributed by atoms with Crippen LogP contribution in [0.4, 0.5) is 13.6 Å². The van der Waals surface area contributed by atoms with Gasteiger partial charge in [-0.05, 0) is 5.56 Å². The smallest absolute Gasteiger partial charge is 0.407 e. The van der Waals surface area contributed by atoms with Gasteiger partial charge < -0.3 is 15.2 Å². The van der Waals surface area contributed by atoms with Crippen molar-refractivity contribution in [3.63, 3.8) is 0 Å². The van der Waals surface area contributed by atoms with Gasteiger partial charge in [-0.1, -0.05) is 30.3 Å². The number of hydrogen-bond donors (Lipinski definition) is 2. The van der Waals surface area contributed by atoms with Gasteiger partial charge in [0, 0.05) is 6.54 Å². The predicted octanol–water partition coefficient (Wildman–Crippen LogP) is 1.79. The van der Waals surface area contributed by atoms with Crippen LogP contribution in [0.15, 0.2) is 30.3 Å². The van der Waals surface area contributed by atoms with Gasteiger partial charge in [0.25, 0.3) is 5.92 Å². The molecule has 1 aliphatic carbocycles. The van der Waals surface area contributed by atoms with Gasteiger partial charge in [0.2, 0.25) is 0 Å². The van der Waals surface area contributed by atoms with E-state index in [2.05, 4.69) is 5.32 Å². The second-order valence-electron chi connectivity index (χ2n) is 4.51. The largest absolute Gasteiger partial charge is 0.445 e. The summed E-state index contributed by atoms with van der Waals surface area (Å²) in [4.78, 5) is 11.3. The Morgan fingerprint density at radius 3 is 2.58 bits per heavy atom. The zero-order valence-electron chi connectivity index (χ0n) is 10.2. The van der Waals surface area contributed by atoms with Gasteiger partial charge in [0.15, 0.2) is 0 Å². The van der Waals surface area contributed by atoms with Gasteiger partial charge >= 0.3 is 6.09 Å². The van der Waals surface area contributed by atoms with Gasteiger partial charge in [-0.2, -0.15) is 0 Å². The van der Waals surface area contributed by atoms with E-state index in [1.807, 2.05) is 18.2 Å². The van der Waals surface area contributed by atoms with E-state index in [1.54, 1.807) is 12.1 Å². The molecule has 0 bridgehead atoms. The Bertz CT molecular complexity index is 439. The first-order valence-corrected chi connectivity index (χ1v) is 5.99. The number of aliphatic hydroxyl groups excluding tert-OH is 1. The molecule has 0 spiro atoms. The van der Waals surface area contributed by atoms with E-state index in [1.165, 1.54) is 0 Å². The number of carbonyl (C=O) groups is 1. The third kappa shape index (κ3) is 3.20. The number of benzene rings is 1. The fourth-order valence-electron chi connectivity index (χ4n) is 1.96. The average Bonchev–Trinajstić information content (AvgIpc) is 2.95. The van der Waals surface area contributed by atoms with Gasteiger partial charge in [-0.15, -0.1) is 0 Å². The summed E-state index contributed by atoms with van der Waals surface area (Å²) in [5.74, 6) is -4.94. The molecule has 4 nitrogen and oxygen atoms in total. The van der Waals surface area contributed by atoms with Gasteiger partial charge in [0.05, 0.1) is 18.4 Å². The van der Waals surface area contributed by atoms with Gasteiger partial charge in [-0.25, -0.2) is 13.6 Å². The van der Waals surface area contributed by atoms with E-state index in [9.17, 15) is 13.6 Å². The number of nitrogens with one attached hydrogen (secondary N) is 1. The normalized spacial score (nSPS) is 23.7. The number of hydrogen-bond acceptors (Lipinski definition) is 3. The molecule has 104 valence electrons. The lowest BCUT2D eigenvalue weighted by Gasteiger charge is -2.06. The number of ether oxygens (including phenoxy) is 1. The van der Waals surface area contributed by atoms with Crippen molar-refractivity contribution in [3.05, 3.63) is 35.9 Å². The van der Waals surface area contributed by atoms with Crippen molar-refractivity contribution >= 4 is 6.09 Å². The molecule has 1 amide bonds. The maximum absolute atomic E-state index is 13.0. The number of aliphatic hydroxyl groups is 1. The summed E-state index contributed by atoms with van der Waals surface area (Å²) < 4.78 is 30.9. The maximum atomic E-state index is 13.0. The van der Waals surface area contributed by atoms with Crippen molar-refractivity contribution in [2.45, 2.75) is 12.5 Å². The zero-order valence-corrected chi connectivity index (χ0v) is 10.2. The second kappa shape index (κ2) is 5.52. The van der Waals surface area contributed by atoms with Crippen LogP contribution < -0.4 is 5.32 Å². The molecule has 2 atom stereocenters. The van der Waals surface area contributed by atoms with Crippen molar-refractivity contribution < 1.29 is 23.4 Å². The van der Waals surface area contributed by atoms with Gasteiger partial charge in [0.1, 0.15) is 6.61 Å². The molecular weight excluding hydrogens is 256 g/mol. The number of alkyl halides is 2. The van der Waals surface area contributed by atoms with Crippen LogP contribution in [0.1, 0.15) is 5.56 Å². The molecule has 1 aliphatic rings. The van der Waals surface area contributed by atoms with Crippen LogP contribution in [0.5, 0.6) is 0 Å². The fourth-order valence-corrected chi connectivity index (χ4v) is 1.96. The van der Waals surface area contributed by atoms with E-state index >= 15 is 0 Å². The Kier molecular flexibility index (Phi) is 3.99. The van der Waals surface area contributed by atoms with Crippen LogP contribution in [-0.4, -0.2) is 30.3 Å². The quantitative estimate of drug-likeness (QED) is 0.858. The lowest BCUT2D eigenvalue weighted by Crippen LogP contribution is -2.27. The minimum Gasteiger partial charge on any atom is -0.445 e. The number of amides is 1. The number of carbonyl (C=O) groups excluding carboxylic acids is 1. The molecule has 2 rings (SSSR count). The molecule has 6 heteroatoms. The molecule has 0 aromatic heterocycles. The molecule has 0 saturated heterocycles. The van der Waals surface area contributed by atoms with Crippen molar-refractivity contribution in [2.75, 3.05) is 13.2 Å². The maximum Gasteiger partial charge on any atom is 0.407 e. The Morgan fingerprint density at radius 1 is 1.32 bits per heavy atom. The molecule has 1 fully saturated rings. The SMILES string of the molecule is O=C(NCC1C(CO)C1(F)F)OCc1ccccc1. The van der Waals surface area contributed by atoms with Crippen LogP contribution in [0.2, 0.25) is 0 Å². The molecule has 2 unspecified atom stereocenters. The Morgan fingerprint density at radius 2 is 2.00 bits per heavy atom. The monoisotopic (exact) mass is 271 g/mol. The Balaban J connectivity index is 1.69. The van der Waals surface area contributed by atoms with Crippen LogP contribution >= 0.6 is 0 Å². The van der Waals surface area contributed by atoms with Crippen LogP contribution in [0, 0.1) is 11.8 Å². The summed E-state index contributed by atoms with van der Waals surface area (Å²) in [7, 11) is 0. The third-order valence-corrected chi connectivity index (χ3v) is 3.24. The standard InChI is InChI=1S/C13H15F2NO3/c14-13(15)10(11(13)7-17)6-16-12(18)19-8-9-4-2-1-3-5-9/h1-5,10-11,17H,6-8H2,(H,16,18). The molecule has 0 heterocycles. The molecule has 1 aromatic rings. The second-order valence-corrected chi connectivity index (χ2v) is 4.51. The highest BCUT2D eigenvalue weighted by atomic mass is 19.3. The summed E-state index contributed by atoms with van der Waals surface area (Å²) in [5, 5.41) is 11.0. The summed E-state index contributed by atoms with van der Waals surface area (Å²) in [5.41, 5.74) is 0.822. The van der Waals surface area contributed by atoms with E-state index in [0.717, 1.165) is 5.56 Å². The number of alkyl carbamates (subject to hydrolysis) is 1. The fraction of sp³-hybridized carbons (Fsp3) is 0.462. The predicted molar refractivity (Wildman–Crippen MR) is 63.6 cm³/mol. The summed E-state index contributed by atoms with van der Waals surface area (Å²) in [6.45, 7) is -0.665. The molecule has 1 aromatic carbocycles. The summed E-state index contributed by atoms with van der Waals surface area (Å²) in [6, 6.07) is 9.06. The molecular formula is C13H15F2NO3. The molecule has 19 heavy (non-hydrogen) atoms. The minimum atomic E-state index is -2.89. The third-order valence-electron chi connectivity index (χ3n) is 3.24. The van der Waals surface area contributed by atoms with Crippen molar-refractivity contribution in [3.8, 4) is 0 Å². The number of halogens is 2. The molecule has 0 radical (unpaired) electrons. The molecule has 2 N–H and O–H groups in total. The highest BCUT2D eigenvalue weighted by Gasteiger charge is 2.67. The Labute approximate surface area is 109 Å². The van der Waals surface area contributed by atoms with Crippen molar-refractivity contribution in [1.29, 1.82) is 0 Å². The highest BCUT2D eigenvalue weighted by Crippen LogP contribution is 2.54. The first-order valence-electron chi connectivity index (χ1n) is 5.99. The van der Waals surface area contributed by atoms with E-state index in [4.69, 9.17) is 9.84 Å². The van der Waals surface area contributed by atoms with Crippen molar-refractivity contribution in [2.24, 2.45) is 11.8 Å². The first kappa shape index (κ1) is 13.7. The van der Waals surface area contributed by atoms with Crippen LogP contribution in [0.25, 0.3) is 0 Å². The molecule has 1 saturated carbocycles. The van der Waals surface area contributed by atoms with E-state index < -0.39 is 30.5 Å². The average molecular weight is 271 g/mol. The van der Waals surface area contributed by atoms with Crippen LogP contribution in [0.3, 0.4) is 0 Å². The lowest BCUT2D eigenvalue weighted by atomic mass is 10.2. The van der Waals surface area contributed by atoms with Gasteiger partial charge in [-0.3, -0.25) is 0 Å². The lowest BCUT2D eigenvalue weighted by molar-refractivity contribution is 0.0717. The van der Waals surface area contributed by atoms with E-state index in [0.29, 0.717) is 0 Å². The van der Waals surface area contributed by atoms with Crippen LogP contribution in [-0.2, 0) is 11.3 Å². The van der Waals surface area contributed by atoms with E-state index in [-0.39, 0.29) is 13.2 Å². The topological polar surface area (TPSA) is 58.6 Å². The first-order chi connectivity index (χ1) is 9.05.